The zero-order valence-corrected chi connectivity index (χ0v) is 16.4. The van der Waals surface area contributed by atoms with Gasteiger partial charge in [-0.15, -0.1) is 0 Å². The summed E-state index contributed by atoms with van der Waals surface area (Å²) in [7, 11) is 3.15. The molecule has 0 amide bonds. The SMILES string of the molecule is COC(=O)[C@@H]1[C@H]2C[C@H](NC[C@]23O[C@H]3C)[C@@]23Nc4ccccc4[C@@]12CC(OC)O3. The second kappa shape index (κ2) is 5.27. The van der Waals surface area contributed by atoms with E-state index in [1.165, 1.54) is 7.11 Å². The molecule has 7 nitrogen and oxygen atoms in total. The first-order chi connectivity index (χ1) is 13.5. The summed E-state index contributed by atoms with van der Waals surface area (Å²) in [4.78, 5) is 13.3. The lowest BCUT2D eigenvalue weighted by Crippen LogP contribution is -2.75. The van der Waals surface area contributed by atoms with Crippen LogP contribution in [-0.2, 0) is 29.2 Å². The van der Waals surface area contributed by atoms with E-state index in [1.807, 2.05) is 12.1 Å². The van der Waals surface area contributed by atoms with Crippen molar-refractivity contribution in [2.75, 3.05) is 26.1 Å². The van der Waals surface area contributed by atoms with Crippen LogP contribution in [0.1, 0.15) is 25.3 Å². The summed E-state index contributed by atoms with van der Waals surface area (Å²) < 4.78 is 23.8. The Kier molecular flexibility index (Phi) is 3.24. The molecular formula is C21H26N2O5. The van der Waals surface area contributed by atoms with Crippen molar-refractivity contribution in [2.45, 2.75) is 54.9 Å². The average molecular weight is 386 g/mol. The van der Waals surface area contributed by atoms with Crippen molar-refractivity contribution in [2.24, 2.45) is 11.8 Å². The Bertz CT molecular complexity index is 863. The van der Waals surface area contributed by atoms with Gasteiger partial charge in [0.15, 0.2) is 12.0 Å². The van der Waals surface area contributed by atoms with Gasteiger partial charge in [-0.3, -0.25) is 4.79 Å². The molecule has 0 radical (unpaired) electrons. The van der Waals surface area contributed by atoms with Crippen molar-refractivity contribution in [1.29, 1.82) is 0 Å². The lowest BCUT2D eigenvalue weighted by Gasteiger charge is -2.58. The van der Waals surface area contributed by atoms with Gasteiger partial charge in [-0.1, -0.05) is 18.2 Å². The number of benzene rings is 1. The van der Waals surface area contributed by atoms with Crippen molar-refractivity contribution in [3.8, 4) is 0 Å². The lowest BCUT2D eigenvalue weighted by atomic mass is 9.50. The molecule has 8 atom stereocenters. The summed E-state index contributed by atoms with van der Waals surface area (Å²) in [5, 5.41) is 7.38. The molecule has 2 N–H and O–H groups in total. The Hall–Kier alpha value is -1.67. The molecule has 2 bridgehead atoms. The van der Waals surface area contributed by atoms with Crippen LogP contribution in [0.25, 0.3) is 0 Å². The summed E-state index contributed by atoms with van der Waals surface area (Å²) in [6.45, 7) is 2.81. The molecule has 1 unspecified atom stereocenters. The molecular weight excluding hydrogens is 360 g/mol. The molecule has 3 saturated heterocycles. The monoisotopic (exact) mass is 386 g/mol. The molecule has 4 fully saturated rings. The van der Waals surface area contributed by atoms with Gasteiger partial charge < -0.3 is 29.6 Å². The third-order valence-electron chi connectivity index (χ3n) is 8.11. The van der Waals surface area contributed by atoms with Gasteiger partial charge in [0.1, 0.15) is 5.60 Å². The van der Waals surface area contributed by atoms with Crippen molar-refractivity contribution in [3.63, 3.8) is 0 Å². The maximum absolute atomic E-state index is 13.3. The minimum Gasteiger partial charge on any atom is -0.469 e. The first-order valence-corrected chi connectivity index (χ1v) is 10.1. The fourth-order valence-corrected chi connectivity index (χ4v) is 6.92. The Morgan fingerprint density at radius 1 is 1.25 bits per heavy atom. The largest absolute Gasteiger partial charge is 0.469 e. The predicted octanol–water partition coefficient (Wildman–Crippen LogP) is 1.38. The van der Waals surface area contributed by atoms with Crippen LogP contribution in [0.4, 0.5) is 5.69 Å². The van der Waals surface area contributed by atoms with Crippen molar-refractivity contribution in [3.05, 3.63) is 29.8 Å². The number of epoxide rings is 1. The number of para-hydroxylation sites is 1. The normalized spacial score (nSPS) is 49.8. The van der Waals surface area contributed by atoms with E-state index in [9.17, 15) is 4.79 Å². The van der Waals surface area contributed by atoms with E-state index in [0.29, 0.717) is 13.0 Å². The van der Waals surface area contributed by atoms with Gasteiger partial charge in [0.25, 0.3) is 0 Å². The number of anilines is 1. The second-order valence-corrected chi connectivity index (χ2v) is 8.86. The van der Waals surface area contributed by atoms with Gasteiger partial charge in [0.05, 0.1) is 30.6 Å². The zero-order chi connectivity index (χ0) is 19.3. The number of piperidine rings is 1. The molecule has 1 aromatic carbocycles. The number of fused-ring (bicyclic) bond motifs is 4. The molecule has 1 aliphatic carbocycles. The van der Waals surface area contributed by atoms with Crippen molar-refractivity contribution >= 4 is 11.7 Å². The number of carbonyl (C=O) groups excluding carboxylic acids is 1. The Morgan fingerprint density at radius 3 is 2.75 bits per heavy atom. The third kappa shape index (κ3) is 1.70. The standard InChI is InChI=1S/C21H26N2O5/c1-11-20(27-11)10-22-15-8-13(20)17(18(24)26-3)19-9-16(25-2)28-21(15,19)23-14-7-5-4-6-12(14)19/h4-7,11,13,15-17,22-23H,8-10H2,1-3H3/t11-,13+,15-,16?,17-,19-,20+,21-/m0/s1. The maximum atomic E-state index is 13.3. The molecule has 1 aromatic rings. The molecule has 4 heterocycles. The van der Waals surface area contributed by atoms with Gasteiger partial charge in [-0.05, 0) is 25.0 Å². The minimum atomic E-state index is -0.744. The van der Waals surface area contributed by atoms with Crippen LogP contribution in [0.2, 0.25) is 0 Å². The van der Waals surface area contributed by atoms with Gasteiger partial charge in [0, 0.05) is 31.7 Å². The number of methoxy groups -OCH3 is 2. The smallest absolute Gasteiger partial charge is 0.310 e. The molecule has 0 aromatic heterocycles. The molecule has 150 valence electrons. The minimum absolute atomic E-state index is 0.0491. The first kappa shape index (κ1) is 17.2. The molecule has 1 spiro atoms. The number of carbonyl (C=O) groups is 1. The number of hydrogen-bond acceptors (Lipinski definition) is 7. The number of nitrogens with one attached hydrogen (secondary N) is 2. The lowest BCUT2D eigenvalue weighted by molar-refractivity contribution is -0.193. The van der Waals surface area contributed by atoms with Crippen molar-refractivity contribution < 1.29 is 23.7 Å². The third-order valence-corrected chi connectivity index (χ3v) is 8.11. The summed E-state index contributed by atoms with van der Waals surface area (Å²) in [6, 6.07) is 8.28. The molecule has 4 aliphatic heterocycles. The predicted molar refractivity (Wildman–Crippen MR) is 99.7 cm³/mol. The molecule has 1 saturated carbocycles. The highest BCUT2D eigenvalue weighted by atomic mass is 16.7. The van der Waals surface area contributed by atoms with Gasteiger partial charge in [0.2, 0.25) is 0 Å². The topological polar surface area (TPSA) is 81.4 Å². The quantitative estimate of drug-likeness (QED) is 0.587. The maximum Gasteiger partial charge on any atom is 0.310 e. The molecule has 6 rings (SSSR count). The Morgan fingerprint density at radius 2 is 2.04 bits per heavy atom. The van der Waals surface area contributed by atoms with E-state index in [2.05, 4.69) is 29.7 Å². The van der Waals surface area contributed by atoms with E-state index in [1.54, 1.807) is 7.11 Å². The van der Waals surface area contributed by atoms with E-state index < -0.39 is 11.1 Å². The van der Waals surface area contributed by atoms with Gasteiger partial charge in [-0.2, -0.15) is 0 Å². The average Bonchev–Trinajstić information content (AvgIpc) is 3.09. The highest BCUT2D eigenvalue weighted by molar-refractivity contribution is 5.80. The first-order valence-electron chi connectivity index (χ1n) is 10.1. The summed E-state index contributed by atoms with van der Waals surface area (Å²) in [6.07, 6.45) is 1.14. The highest BCUT2D eigenvalue weighted by Gasteiger charge is 2.81. The molecule has 28 heavy (non-hydrogen) atoms. The number of ether oxygens (including phenoxy) is 4. The van der Waals surface area contributed by atoms with E-state index in [0.717, 1.165) is 17.7 Å². The van der Waals surface area contributed by atoms with Crippen molar-refractivity contribution in [1.82, 2.24) is 5.32 Å². The number of esters is 1. The fraction of sp³-hybridized carbons (Fsp3) is 0.667. The van der Waals surface area contributed by atoms with Crippen LogP contribution in [0.15, 0.2) is 24.3 Å². The highest BCUT2D eigenvalue weighted by Crippen LogP contribution is 2.69. The molecule has 7 heteroatoms. The summed E-state index contributed by atoms with van der Waals surface area (Å²) >= 11 is 0. The van der Waals surface area contributed by atoms with E-state index in [4.69, 9.17) is 18.9 Å². The van der Waals surface area contributed by atoms with Crippen LogP contribution >= 0.6 is 0 Å². The number of rotatable bonds is 2. The second-order valence-electron chi connectivity index (χ2n) is 8.86. The van der Waals surface area contributed by atoms with Gasteiger partial charge >= 0.3 is 5.97 Å². The van der Waals surface area contributed by atoms with Crippen LogP contribution in [-0.4, -0.2) is 56.5 Å². The Balaban J connectivity index is 1.61. The summed E-state index contributed by atoms with van der Waals surface area (Å²) in [5.74, 6) is -0.478. The van der Waals surface area contributed by atoms with Crippen LogP contribution in [0, 0.1) is 11.8 Å². The Labute approximate surface area is 164 Å². The zero-order valence-electron chi connectivity index (χ0n) is 16.4. The van der Waals surface area contributed by atoms with Gasteiger partial charge in [-0.25, -0.2) is 0 Å². The molecule has 5 aliphatic rings. The number of hydrogen-bond donors (Lipinski definition) is 2. The van der Waals surface area contributed by atoms with Crippen LogP contribution in [0.5, 0.6) is 0 Å². The summed E-state index contributed by atoms with van der Waals surface area (Å²) in [5.41, 5.74) is 0.522. The van der Waals surface area contributed by atoms with Crippen LogP contribution in [0.3, 0.4) is 0 Å². The van der Waals surface area contributed by atoms with Crippen LogP contribution < -0.4 is 10.6 Å². The fourth-order valence-electron chi connectivity index (χ4n) is 6.92. The van der Waals surface area contributed by atoms with E-state index >= 15 is 0 Å². The van der Waals surface area contributed by atoms with E-state index in [-0.39, 0.29) is 41.8 Å².